The van der Waals surface area contributed by atoms with Gasteiger partial charge in [0.15, 0.2) is 0 Å². The number of esters is 2. The number of hydrogen-bond donors (Lipinski definition) is 0. The number of ether oxygens (including phenoxy) is 2. The average Bonchev–Trinajstić information content (AvgIpc) is 2.52. The molecule has 0 aliphatic carbocycles. The highest BCUT2D eigenvalue weighted by atomic mass is 16.6. The van der Waals surface area contributed by atoms with Gasteiger partial charge in [-0.05, 0) is 31.6 Å². The van der Waals surface area contributed by atoms with Gasteiger partial charge in [-0.25, -0.2) is 9.59 Å². The van der Waals surface area contributed by atoms with Crippen molar-refractivity contribution < 1.29 is 29.0 Å². The molecule has 1 aromatic rings. The van der Waals surface area contributed by atoms with E-state index >= 15 is 0 Å². The summed E-state index contributed by atoms with van der Waals surface area (Å²) in [5, 5.41) is 10.8. The Morgan fingerprint density at radius 1 is 1.08 bits per heavy atom. The lowest BCUT2D eigenvalue weighted by Crippen LogP contribution is -2.36. The van der Waals surface area contributed by atoms with Gasteiger partial charge in [-0.2, -0.15) is 0 Å². The molecular weight excluding hydrogens is 314 g/mol. The molecule has 0 fully saturated rings. The lowest BCUT2D eigenvalue weighted by Gasteiger charge is -2.22. The maximum absolute atomic E-state index is 12.0. The second kappa shape index (κ2) is 9.34. The third-order valence-corrected chi connectivity index (χ3v) is 3.00. The maximum atomic E-state index is 12.0. The van der Waals surface area contributed by atoms with E-state index in [2.05, 4.69) is 0 Å². The van der Waals surface area contributed by atoms with Crippen LogP contribution in [0.25, 0.3) is 6.08 Å². The number of rotatable bonds is 8. The smallest absolute Gasteiger partial charge is 0.345 e. The molecule has 1 rings (SSSR count). The van der Waals surface area contributed by atoms with E-state index in [1.165, 1.54) is 11.0 Å². The molecule has 0 atom stereocenters. The van der Waals surface area contributed by atoms with Crippen molar-refractivity contribution in [3.63, 3.8) is 0 Å². The predicted molar refractivity (Wildman–Crippen MR) is 86.0 cm³/mol. The molecule has 7 heteroatoms. The van der Waals surface area contributed by atoms with Crippen LogP contribution >= 0.6 is 0 Å². The van der Waals surface area contributed by atoms with Crippen LogP contribution in [0.15, 0.2) is 29.8 Å². The first-order valence-electron chi connectivity index (χ1n) is 7.46. The zero-order chi connectivity index (χ0) is 18.1. The Hall–Kier alpha value is -2.83. The summed E-state index contributed by atoms with van der Waals surface area (Å²) in [4.78, 5) is 36.3. The molecule has 0 N–H and O–H groups in total. The molecule has 0 aliphatic rings. The molecule has 0 bridgehead atoms. The fourth-order valence-corrected chi connectivity index (χ4v) is 2.01. The lowest BCUT2D eigenvalue weighted by molar-refractivity contribution is -0.303. The summed E-state index contributed by atoms with van der Waals surface area (Å²) in [6.45, 7) is 3.15. The Morgan fingerprint density at radius 2 is 1.62 bits per heavy atom. The number of carbonyl (C=O) groups is 3. The van der Waals surface area contributed by atoms with Crippen LogP contribution in [0.3, 0.4) is 0 Å². The highest BCUT2D eigenvalue weighted by Crippen LogP contribution is 2.22. The van der Waals surface area contributed by atoms with E-state index in [4.69, 9.17) is 9.47 Å². The van der Waals surface area contributed by atoms with Crippen molar-refractivity contribution in [1.82, 2.24) is 0 Å². The molecule has 0 spiro atoms. The fraction of sp³-hybridized carbons (Fsp3) is 0.353. The molecule has 0 radical (unpaired) electrons. The Kier molecular flexibility index (Phi) is 7.48. The average molecular weight is 334 g/mol. The predicted octanol–water partition coefficient (Wildman–Crippen LogP) is 0.382. The number of benzene rings is 1. The molecule has 0 unspecified atom stereocenters. The molecule has 24 heavy (non-hydrogen) atoms. The molecule has 7 nitrogen and oxygen atoms in total. The van der Waals surface area contributed by atoms with E-state index in [1.54, 1.807) is 45.2 Å². The Bertz CT molecular complexity index is 618. The summed E-state index contributed by atoms with van der Waals surface area (Å²) in [6, 6.07) is 6.74. The van der Waals surface area contributed by atoms with Crippen molar-refractivity contribution in [2.24, 2.45) is 0 Å². The first-order valence-corrected chi connectivity index (χ1v) is 7.46. The van der Waals surface area contributed by atoms with Gasteiger partial charge in [0.1, 0.15) is 5.57 Å². The summed E-state index contributed by atoms with van der Waals surface area (Å²) < 4.78 is 9.77. The first-order chi connectivity index (χ1) is 11.4. The van der Waals surface area contributed by atoms with Gasteiger partial charge in [-0.3, -0.25) is 0 Å². The molecular formula is C17H20NO6-. The van der Waals surface area contributed by atoms with Gasteiger partial charge in [0.05, 0.1) is 25.7 Å². The van der Waals surface area contributed by atoms with Gasteiger partial charge in [0.2, 0.25) is 0 Å². The van der Waals surface area contributed by atoms with Crippen LogP contribution in [0.2, 0.25) is 0 Å². The molecule has 1 aromatic carbocycles. The van der Waals surface area contributed by atoms with Gasteiger partial charge in [-0.1, -0.05) is 18.2 Å². The Labute approximate surface area is 140 Å². The normalized spacial score (nSPS) is 9.79. The van der Waals surface area contributed by atoms with Crippen LogP contribution in [-0.4, -0.2) is 44.7 Å². The molecule has 130 valence electrons. The molecule has 0 saturated heterocycles. The summed E-state index contributed by atoms with van der Waals surface area (Å²) in [6.07, 6.45) is 1.33. The second-order valence-electron chi connectivity index (χ2n) is 4.79. The van der Waals surface area contributed by atoms with E-state index < -0.39 is 17.9 Å². The minimum atomic E-state index is -1.24. The van der Waals surface area contributed by atoms with E-state index in [0.717, 1.165) is 0 Å². The topological polar surface area (TPSA) is 96.0 Å². The number of para-hydroxylation sites is 1. The maximum Gasteiger partial charge on any atom is 0.345 e. The molecule has 0 saturated carbocycles. The monoisotopic (exact) mass is 334 g/mol. The van der Waals surface area contributed by atoms with E-state index in [0.29, 0.717) is 11.3 Å². The van der Waals surface area contributed by atoms with Gasteiger partial charge < -0.3 is 24.3 Å². The number of hydrogen-bond acceptors (Lipinski definition) is 7. The van der Waals surface area contributed by atoms with Crippen molar-refractivity contribution in [2.45, 2.75) is 13.8 Å². The first kappa shape index (κ1) is 19.2. The van der Waals surface area contributed by atoms with E-state index in [1.807, 2.05) is 0 Å². The minimum Gasteiger partial charge on any atom is -0.548 e. The standard InChI is InChI=1S/C17H21NO6/c1-4-23-16(21)13(17(22)24-5-2)10-12-8-6-7-9-14(12)18(3)11-15(19)20/h6-10H,4-5,11H2,1-3H3,(H,19,20)/p-1. The lowest BCUT2D eigenvalue weighted by atomic mass is 10.1. The van der Waals surface area contributed by atoms with Gasteiger partial charge >= 0.3 is 11.9 Å². The van der Waals surface area contributed by atoms with Crippen LogP contribution in [0, 0.1) is 0 Å². The highest BCUT2D eigenvalue weighted by Gasteiger charge is 2.21. The van der Waals surface area contributed by atoms with Crippen molar-refractivity contribution in [1.29, 1.82) is 0 Å². The minimum absolute atomic E-state index is 0.113. The summed E-state index contributed by atoms with van der Waals surface area (Å²) in [5.41, 5.74) is 0.748. The van der Waals surface area contributed by atoms with Gasteiger partial charge in [-0.15, -0.1) is 0 Å². The number of nitrogens with zero attached hydrogens (tertiary/aromatic N) is 1. The molecule has 0 aromatic heterocycles. The van der Waals surface area contributed by atoms with Crippen LogP contribution in [0.5, 0.6) is 0 Å². The third-order valence-electron chi connectivity index (χ3n) is 3.00. The largest absolute Gasteiger partial charge is 0.548 e. The molecule has 0 aliphatic heterocycles. The zero-order valence-electron chi connectivity index (χ0n) is 13.9. The van der Waals surface area contributed by atoms with E-state index in [9.17, 15) is 19.5 Å². The van der Waals surface area contributed by atoms with Crippen LogP contribution in [0.1, 0.15) is 19.4 Å². The van der Waals surface area contributed by atoms with Crippen molar-refractivity contribution >= 4 is 29.7 Å². The van der Waals surface area contributed by atoms with Crippen LogP contribution < -0.4 is 10.0 Å². The number of likely N-dealkylation sites (N-methyl/N-ethyl adjacent to an activating group) is 1. The quantitative estimate of drug-likeness (QED) is 0.293. The second-order valence-corrected chi connectivity index (χ2v) is 4.79. The number of carboxylic acid groups (broad SMARTS) is 1. The number of carbonyl (C=O) groups excluding carboxylic acids is 3. The Morgan fingerprint density at radius 3 is 2.12 bits per heavy atom. The zero-order valence-corrected chi connectivity index (χ0v) is 13.9. The third kappa shape index (κ3) is 5.42. The highest BCUT2D eigenvalue weighted by molar-refractivity contribution is 6.18. The van der Waals surface area contributed by atoms with Gasteiger partial charge in [0, 0.05) is 12.7 Å². The fourth-order valence-electron chi connectivity index (χ4n) is 2.01. The SMILES string of the molecule is CCOC(=O)C(=Cc1ccccc1N(C)CC(=O)[O-])C(=O)OCC. The van der Waals surface area contributed by atoms with Crippen molar-refractivity contribution in [2.75, 3.05) is 31.7 Å². The summed E-state index contributed by atoms with van der Waals surface area (Å²) >= 11 is 0. The Balaban J connectivity index is 3.28. The molecule has 0 heterocycles. The summed E-state index contributed by atoms with van der Waals surface area (Å²) in [7, 11) is 1.57. The van der Waals surface area contributed by atoms with E-state index in [-0.39, 0.29) is 25.3 Å². The molecule has 0 amide bonds. The number of carboxylic acids is 1. The summed E-state index contributed by atoms with van der Waals surface area (Å²) in [5.74, 6) is -2.84. The van der Waals surface area contributed by atoms with Crippen LogP contribution in [-0.2, 0) is 23.9 Å². The number of anilines is 1. The number of aliphatic carboxylic acids is 1. The van der Waals surface area contributed by atoms with Crippen molar-refractivity contribution in [3.8, 4) is 0 Å². The van der Waals surface area contributed by atoms with Gasteiger partial charge in [0.25, 0.3) is 0 Å². The van der Waals surface area contributed by atoms with Crippen LogP contribution in [0.4, 0.5) is 5.69 Å². The van der Waals surface area contributed by atoms with Crippen molar-refractivity contribution in [3.05, 3.63) is 35.4 Å².